The number of nitrogens with one attached hydrogen (secondary N) is 2. The van der Waals surface area contributed by atoms with E-state index in [4.69, 9.17) is 0 Å². The highest BCUT2D eigenvalue weighted by molar-refractivity contribution is 5.81. The maximum atomic E-state index is 4.33. The van der Waals surface area contributed by atoms with Crippen LogP contribution in [0.2, 0.25) is 0 Å². The normalized spacial score (nSPS) is 19.6. The highest BCUT2D eigenvalue weighted by Gasteiger charge is 2.11. The van der Waals surface area contributed by atoms with E-state index in [1.165, 1.54) is 5.56 Å². The van der Waals surface area contributed by atoms with Crippen LogP contribution in [0.25, 0.3) is 0 Å². The topological polar surface area (TPSA) is 49.3 Å². The lowest BCUT2D eigenvalue weighted by Crippen LogP contribution is -2.37. The van der Waals surface area contributed by atoms with Crippen LogP contribution in [0.15, 0.2) is 23.3 Å². The van der Waals surface area contributed by atoms with Crippen LogP contribution in [0.3, 0.4) is 0 Å². The van der Waals surface area contributed by atoms with Crippen molar-refractivity contribution in [2.24, 2.45) is 4.99 Å². The van der Waals surface area contributed by atoms with Gasteiger partial charge in [0.25, 0.3) is 0 Å². The lowest BCUT2D eigenvalue weighted by molar-refractivity contribution is 0.711. The van der Waals surface area contributed by atoms with Crippen molar-refractivity contribution in [3.8, 4) is 0 Å². The number of nitrogens with zero attached hydrogens (tertiary/aromatic N) is 2. The molecule has 4 heteroatoms. The minimum Gasteiger partial charge on any atom is -0.352 e. The summed E-state index contributed by atoms with van der Waals surface area (Å²) in [5.41, 5.74) is 2.28. The van der Waals surface area contributed by atoms with Gasteiger partial charge in [-0.2, -0.15) is 0 Å². The van der Waals surface area contributed by atoms with Gasteiger partial charge in [-0.15, -0.1) is 0 Å². The minimum atomic E-state index is 0.442. The van der Waals surface area contributed by atoms with Gasteiger partial charge < -0.3 is 10.6 Å². The van der Waals surface area contributed by atoms with Crippen molar-refractivity contribution in [1.29, 1.82) is 0 Å². The summed E-state index contributed by atoms with van der Waals surface area (Å²) >= 11 is 0. The van der Waals surface area contributed by atoms with Crippen molar-refractivity contribution in [2.75, 3.05) is 6.54 Å². The zero-order valence-electron chi connectivity index (χ0n) is 9.12. The Morgan fingerprint density at radius 3 is 3.13 bits per heavy atom. The average molecular weight is 204 g/mol. The van der Waals surface area contributed by atoms with Crippen LogP contribution in [0.1, 0.15) is 18.2 Å². The molecule has 0 spiro atoms. The summed E-state index contributed by atoms with van der Waals surface area (Å²) in [6.07, 6.45) is 1.82. The summed E-state index contributed by atoms with van der Waals surface area (Å²) in [7, 11) is 0. The number of aryl methyl sites for hydroxylation is 1. The maximum Gasteiger partial charge on any atom is 0.191 e. The van der Waals surface area contributed by atoms with E-state index in [-0.39, 0.29) is 0 Å². The maximum absolute atomic E-state index is 4.33. The fourth-order valence-corrected chi connectivity index (χ4v) is 1.53. The van der Waals surface area contributed by atoms with E-state index in [1.54, 1.807) is 0 Å². The van der Waals surface area contributed by atoms with Crippen LogP contribution in [-0.2, 0) is 6.54 Å². The first kappa shape index (κ1) is 9.96. The third-order valence-corrected chi connectivity index (χ3v) is 2.45. The van der Waals surface area contributed by atoms with Gasteiger partial charge in [0.15, 0.2) is 5.96 Å². The Morgan fingerprint density at radius 1 is 1.60 bits per heavy atom. The van der Waals surface area contributed by atoms with Gasteiger partial charge >= 0.3 is 0 Å². The molecule has 1 aromatic rings. The van der Waals surface area contributed by atoms with Gasteiger partial charge in [-0.3, -0.25) is 9.98 Å². The summed E-state index contributed by atoms with van der Waals surface area (Å²) in [5.74, 6) is 0.882. The Labute approximate surface area is 89.8 Å². The molecule has 0 amide bonds. The molecule has 2 rings (SSSR count). The number of hydrogen-bond donors (Lipinski definition) is 2. The molecule has 0 radical (unpaired) electrons. The summed E-state index contributed by atoms with van der Waals surface area (Å²) in [6.45, 7) is 5.76. The van der Waals surface area contributed by atoms with E-state index in [0.717, 1.165) is 24.7 Å². The van der Waals surface area contributed by atoms with Crippen molar-refractivity contribution >= 4 is 5.96 Å². The van der Waals surface area contributed by atoms with Crippen LogP contribution < -0.4 is 10.6 Å². The van der Waals surface area contributed by atoms with Crippen LogP contribution in [-0.4, -0.2) is 23.5 Å². The van der Waals surface area contributed by atoms with Crippen molar-refractivity contribution in [2.45, 2.75) is 26.4 Å². The molecule has 1 atom stereocenters. The Bertz CT molecular complexity index is 373. The van der Waals surface area contributed by atoms with Crippen LogP contribution in [0, 0.1) is 6.92 Å². The second-order valence-electron chi connectivity index (χ2n) is 3.86. The molecule has 1 aliphatic rings. The molecule has 1 unspecified atom stereocenters. The highest BCUT2D eigenvalue weighted by atomic mass is 15.2. The molecule has 15 heavy (non-hydrogen) atoms. The first-order valence-electron chi connectivity index (χ1n) is 5.21. The third-order valence-electron chi connectivity index (χ3n) is 2.45. The first-order valence-corrected chi connectivity index (χ1v) is 5.21. The summed E-state index contributed by atoms with van der Waals surface area (Å²) in [4.78, 5) is 8.64. The largest absolute Gasteiger partial charge is 0.352 e. The van der Waals surface area contributed by atoms with E-state index in [2.05, 4.69) is 40.5 Å². The van der Waals surface area contributed by atoms with Gasteiger partial charge in [-0.05, 0) is 25.5 Å². The molecular formula is C11H16N4. The number of pyridine rings is 1. The number of guanidine groups is 1. The molecule has 0 fully saturated rings. The Balaban J connectivity index is 1.91. The molecule has 2 N–H and O–H groups in total. The predicted octanol–water partition coefficient (Wildman–Crippen LogP) is 0.827. The molecule has 2 heterocycles. The Kier molecular flexibility index (Phi) is 2.85. The zero-order valence-corrected chi connectivity index (χ0v) is 9.12. The van der Waals surface area contributed by atoms with Crippen molar-refractivity contribution in [3.05, 3.63) is 29.6 Å². The van der Waals surface area contributed by atoms with E-state index in [0.29, 0.717) is 6.04 Å². The fraction of sp³-hybridized carbons (Fsp3) is 0.455. The number of hydrogen-bond acceptors (Lipinski definition) is 4. The van der Waals surface area contributed by atoms with Crippen LogP contribution in [0.5, 0.6) is 0 Å². The molecule has 0 aliphatic carbocycles. The first-order chi connectivity index (χ1) is 7.25. The summed E-state index contributed by atoms with van der Waals surface area (Å²) < 4.78 is 0. The van der Waals surface area contributed by atoms with Crippen molar-refractivity contribution in [3.63, 3.8) is 0 Å². The van der Waals surface area contributed by atoms with E-state index < -0.39 is 0 Å². The summed E-state index contributed by atoms with van der Waals surface area (Å²) in [5, 5.41) is 6.50. The molecule has 0 aromatic carbocycles. The predicted molar refractivity (Wildman–Crippen MR) is 60.7 cm³/mol. The molecule has 0 bridgehead atoms. The molecule has 80 valence electrons. The Morgan fingerprint density at radius 2 is 2.47 bits per heavy atom. The van der Waals surface area contributed by atoms with Crippen LogP contribution in [0.4, 0.5) is 0 Å². The molecule has 1 aromatic heterocycles. The Hall–Kier alpha value is -1.58. The van der Waals surface area contributed by atoms with Gasteiger partial charge in [0, 0.05) is 12.2 Å². The van der Waals surface area contributed by atoms with E-state index in [1.807, 2.05) is 12.3 Å². The number of rotatable bonds is 2. The lowest BCUT2D eigenvalue weighted by atomic mass is 10.2. The molecule has 4 nitrogen and oxygen atoms in total. The standard InChI is InChI=1S/C11H16N4/c1-8-4-3-5-12-10(8)7-14-11-13-6-9(2)15-11/h3-5,9H,6-7H2,1-2H3,(H2,13,14,15). The van der Waals surface area contributed by atoms with Crippen molar-refractivity contribution < 1.29 is 0 Å². The average Bonchev–Trinajstić information content (AvgIpc) is 2.63. The second kappa shape index (κ2) is 4.29. The fourth-order valence-electron chi connectivity index (χ4n) is 1.53. The molecule has 1 aliphatic heterocycles. The molecule has 0 saturated carbocycles. The monoisotopic (exact) mass is 204 g/mol. The van der Waals surface area contributed by atoms with E-state index in [9.17, 15) is 0 Å². The van der Waals surface area contributed by atoms with Gasteiger partial charge in [-0.25, -0.2) is 0 Å². The minimum absolute atomic E-state index is 0.442. The third kappa shape index (κ3) is 2.46. The van der Waals surface area contributed by atoms with Gasteiger partial charge in [0.05, 0.1) is 18.8 Å². The lowest BCUT2D eigenvalue weighted by Gasteiger charge is -2.09. The van der Waals surface area contributed by atoms with Crippen LogP contribution >= 0.6 is 0 Å². The SMILES string of the molecule is Cc1cccnc1CNC1=NCC(C)N1. The molecule has 0 saturated heterocycles. The second-order valence-corrected chi connectivity index (χ2v) is 3.86. The zero-order chi connectivity index (χ0) is 10.7. The smallest absolute Gasteiger partial charge is 0.191 e. The van der Waals surface area contributed by atoms with Gasteiger partial charge in [-0.1, -0.05) is 6.07 Å². The van der Waals surface area contributed by atoms with E-state index >= 15 is 0 Å². The number of aliphatic imine (C=N–C) groups is 1. The number of aromatic nitrogens is 1. The summed E-state index contributed by atoms with van der Waals surface area (Å²) in [6, 6.07) is 4.46. The van der Waals surface area contributed by atoms with Gasteiger partial charge in [0.1, 0.15) is 0 Å². The van der Waals surface area contributed by atoms with Crippen molar-refractivity contribution in [1.82, 2.24) is 15.6 Å². The molecular weight excluding hydrogens is 188 g/mol. The quantitative estimate of drug-likeness (QED) is 0.750. The highest BCUT2D eigenvalue weighted by Crippen LogP contribution is 2.02. The van der Waals surface area contributed by atoms with Gasteiger partial charge in [0.2, 0.25) is 0 Å².